The van der Waals surface area contributed by atoms with Gasteiger partial charge < -0.3 is 14.6 Å². The lowest BCUT2D eigenvalue weighted by molar-refractivity contribution is -0.241. The molecule has 1 saturated carbocycles. The van der Waals surface area contributed by atoms with Gasteiger partial charge in [0, 0.05) is 5.57 Å². The summed E-state index contributed by atoms with van der Waals surface area (Å²) in [6.45, 7) is 12.5. The summed E-state index contributed by atoms with van der Waals surface area (Å²) in [5.41, 5.74) is 0.162. The molecule has 0 heterocycles. The lowest BCUT2D eigenvalue weighted by atomic mass is 9.78. The standard InChI is InChI=1S/C22H36O5/c1-6-9-15-18(17-13-11-10-12-14-17)21(25)27-22(8-3,19(23)7-2)26-20(24)16(4)5/h8,17-19,23H,3-4,6-7,9-15H2,1-2,5H3. The van der Waals surface area contributed by atoms with Gasteiger partial charge in [-0.2, -0.15) is 0 Å². The van der Waals surface area contributed by atoms with Crippen molar-refractivity contribution in [3.05, 3.63) is 24.8 Å². The molecule has 0 amide bonds. The van der Waals surface area contributed by atoms with Crippen LogP contribution in [0.5, 0.6) is 0 Å². The van der Waals surface area contributed by atoms with Crippen molar-refractivity contribution < 1.29 is 24.2 Å². The third-order valence-electron chi connectivity index (χ3n) is 5.39. The SMILES string of the molecule is C=CC(OC(=O)C(=C)C)(OC(=O)C(CCCC)C1CCCCC1)C(O)CC. The minimum Gasteiger partial charge on any atom is -0.416 e. The number of unbranched alkanes of at least 4 members (excludes halogenated alkanes) is 1. The van der Waals surface area contributed by atoms with Gasteiger partial charge in [-0.15, -0.1) is 0 Å². The number of hydrogen-bond acceptors (Lipinski definition) is 5. The summed E-state index contributed by atoms with van der Waals surface area (Å²) in [7, 11) is 0. The molecule has 0 saturated heterocycles. The van der Waals surface area contributed by atoms with Gasteiger partial charge in [0.25, 0.3) is 0 Å². The summed E-state index contributed by atoms with van der Waals surface area (Å²) in [6, 6.07) is 0. The molecule has 154 valence electrons. The van der Waals surface area contributed by atoms with Gasteiger partial charge in [0.2, 0.25) is 0 Å². The Hall–Kier alpha value is -1.62. The zero-order chi connectivity index (χ0) is 20.4. The molecule has 3 atom stereocenters. The molecule has 3 unspecified atom stereocenters. The van der Waals surface area contributed by atoms with Gasteiger partial charge in [0.15, 0.2) is 0 Å². The Kier molecular flexibility index (Phi) is 9.78. The lowest BCUT2D eigenvalue weighted by Crippen LogP contribution is -2.50. The fourth-order valence-electron chi connectivity index (χ4n) is 3.63. The van der Waals surface area contributed by atoms with Crippen LogP contribution in [-0.2, 0) is 19.1 Å². The molecule has 1 N–H and O–H groups in total. The van der Waals surface area contributed by atoms with Crippen molar-refractivity contribution in [3.8, 4) is 0 Å². The zero-order valence-corrected chi connectivity index (χ0v) is 17.2. The molecule has 1 aliphatic rings. The number of hydrogen-bond donors (Lipinski definition) is 1. The highest BCUT2D eigenvalue weighted by Crippen LogP contribution is 2.35. The summed E-state index contributed by atoms with van der Waals surface area (Å²) in [5, 5.41) is 10.5. The van der Waals surface area contributed by atoms with E-state index in [1.165, 1.54) is 19.4 Å². The van der Waals surface area contributed by atoms with Gasteiger partial charge >= 0.3 is 17.7 Å². The number of aliphatic hydroxyl groups excluding tert-OH is 1. The third-order valence-corrected chi connectivity index (χ3v) is 5.39. The monoisotopic (exact) mass is 380 g/mol. The molecule has 0 aromatic carbocycles. The van der Waals surface area contributed by atoms with Gasteiger partial charge in [-0.1, -0.05) is 59.1 Å². The topological polar surface area (TPSA) is 72.8 Å². The number of aliphatic hydroxyl groups is 1. The fraction of sp³-hybridized carbons (Fsp3) is 0.727. The number of ether oxygens (including phenoxy) is 2. The minimum absolute atomic E-state index is 0.162. The van der Waals surface area contributed by atoms with Crippen LogP contribution in [0.4, 0.5) is 0 Å². The summed E-state index contributed by atoms with van der Waals surface area (Å²) >= 11 is 0. The first-order chi connectivity index (χ1) is 12.8. The van der Waals surface area contributed by atoms with E-state index in [-0.39, 0.29) is 23.8 Å². The van der Waals surface area contributed by atoms with E-state index in [2.05, 4.69) is 20.1 Å². The number of esters is 2. The Morgan fingerprint density at radius 2 is 1.85 bits per heavy atom. The van der Waals surface area contributed by atoms with E-state index in [1.807, 2.05) is 0 Å². The first-order valence-corrected chi connectivity index (χ1v) is 10.2. The molecule has 1 aliphatic carbocycles. The molecule has 0 aromatic rings. The van der Waals surface area contributed by atoms with Crippen LogP contribution >= 0.6 is 0 Å². The van der Waals surface area contributed by atoms with Crippen molar-refractivity contribution >= 4 is 11.9 Å². The van der Waals surface area contributed by atoms with Crippen molar-refractivity contribution in [2.24, 2.45) is 11.8 Å². The second-order valence-electron chi connectivity index (χ2n) is 7.59. The first kappa shape index (κ1) is 23.4. The smallest absolute Gasteiger partial charge is 0.336 e. The normalized spacial score (nSPS) is 19.4. The summed E-state index contributed by atoms with van der Waals surface area (Å²) in [6.07, 6.45) is 8.37. The Morgan fingerprint density at radius 3 is 2.33 bits per heavy atom. The van der Waals surface area contributed by atoms with E-state index < -0.39 is 23.8 Å². The maximum Gasteiger partial charge on any atom is 0.336 e. The maximum absolute atomic E-state index is 13.1. The van der Waals surface area contributed by atoms with Crippen LogP contribution in [0, 0.1) is 11.8 Å². The van der Waals surface area contributed by atoms with Gasteiger partial charge in [-0.05, 0) is 44.6 Å². The van der Waals surface area contributed by atoms with E-state index in [0.717, 1.165) is 44.9 Å². The van der Waals surface area contributed by atoms with E-state index in [9.17, 15) is 14.7 Å². The predicted octanol–water partition coefficient (Wildman–Crippen LogP) is 4.69. The van der Waals surface area contributed by atoms with Crippen LogP contribution in [-0.4, -0.2) is 28.9 Å². The summed E-state index contributed by atoms with van der Waals surface area (Å²) in [5.74, 6) is -3.01. The van der Waals surface area contributed by atoms with Crippen molar-refractivity contribution in [2.45, 2.75) is 90.4 Å². The van der Waals surface area contributed by atoms with Gasteiger partial charge in [-0.25, -0.2) is 4.79 Å². The number of rotatable bonds is 11. The summed E-state index contributed by atoms with van der Waals surface area (Å²) < 4.78 is 11.0. The maximum atomic E-state index is 13.1. The molecule has 5 nitrogen and oxygen atoms in total. The van der Waals surface area contributed by atoms with Crippen molar-refractivity contribution in [1.29, 1.82) is 0 Å². The molecular formula is C22H36O5. The van der Waals surface area contributed by atoms with Crippen LogP contribution in [0.1, 0.15) is 78.6 Å². The van der Waals surface area contributed by atoms with Crippen LogP contribution in [0.3, 0.4) is 0 Å². The molecule has 1 rings (SSSR count). The lowest BCUT2D eigenvalue weighted by Gasteiger charge is -2.36. The third kappa shape index (κ3) is 6.49. The second-order valence-corrected chi connectivity index (χ2v) is 7.59. The quantitative estimate of drug-likeness (QED) is 0.244. The van der Waals surface area contributed by atoms with E-state index in [1.54, 1.807) is 6.92 Å². The van der Waals surface area contributed by atoms with Crippen LogP contribution < -0.4 is 0 Å². The Balaban J connectivity index is 3.06. The Bertz CT molecular complexity index is 521. The Labute approximate surface area is 163 Å². The highest BCUT2D eigenvalue weighted by atomic mass is 16.7. The highest BCUT2D eigenvalue weighted by molar-refractivity contribution is 5.87. The van der Waals surface area contributed by atoms with Crippen molar-refractivity contribution in [2.75, 3.05) is 0 Å². The molecule has 0 spiro atoms. The molecule has 1 fully saturated rings. The fourth-order valence-corrected chi connectivity index (χ4v) is 3.63. The van der Waals surface area contributed by atoms with E-state index >= 15 is 0 Å². The highest BCUT2D eigenvalue weighted by Gasteiger charge is 2.45. The molecule has 27 heavy (non-hydrogen) atoms. The average Bonchev–Trinajstić information content (AvgIpc) is 2.67. The van der Waals surface area contributed by atoms with Crippen LogP contribution in [0.15, 0.2) is 24.8 Å². The molecule has 0 aliphatic heterocycles. The van der Waals surface area contributed by atoms with Gasteiger partial charge in [0.1, 0.15) is 6.10 Å². The number of carbonyl (C=O) groups is 2. The number of carbonyl (C=O) groups excluding carboxylic acids is 2. The largest absolute Gasteiger partial charge is 0.416 e. The first-order valence-electron chi connectivity index (χ1n) is 10.2. The van der Waals surface area contributed by atoms with Crippen LogP contribution in [0.25, 0.3) is 0 Å². The van der Waals surface area contributed by atoms with Crippen LogP contribution in [0.2, 0.25) is 0 Å². The second kappa shape index (κ2) is 11.3. The zero-order valence-electron chi connectivity index (χ0n) is 17.2. The van der Waals surface area contributed by atoms with E-state index in [4.69, 9.17) is 9.47 Å². The van der Waals surface area contributed by atoms with Gasteiger partial charge in [-0.3, -0.25) is 4.79 Å². The molecule has 5 heteroatoms. The summed E-state index contributed by atoms with van der Waals surface area (Å²) in [4.78, 5) is 25.2. The predicted molar refractivity (Wildman–Crippen MR) is 106 cm³/mol. The minimum atomic E-state index is -1.89. The molecular weight excluding hydrogens is 344 g/mol. The van der Waals surface area contributed by atoms with E-state index in [0.29, 0.717) is 0 Å². The average molecular weight is 381 g/mol. The molecule has 0 radical (unpaired) electrons. The molecule has 0 aromatic heterocycles. The van der Waals surface area contributed by atoms with Crippen molar-refractivity contribution in [1.82, 2.24) is 0 Å². The van der Waals surface area contributed by atoms with Crippen molar-refractivity contribution in [3.63, 3.8) is 0 Å². The van der Waals surface area contributed by atoms with Gasteiger partial charge in [0.05, 0.1) is 5.92 Å². The molecule has 0 bridgehead atoms. The Morgan fingerprint density at radius 1 is 1.22 bits per heavy atom.